The van der Waals surface area contributed by atoms with E-state index in [0.29, 0.717) is 13.2 Å². The van der Waals surface area contributed by atoms with Gasteiger partial charge in [0.05, 0.1) is 13.2 Å². The Morgan fingerprint density at radius 3 is 1.33 bits per heavy atom. The van der Waals surface area contributed by atoms with Crippen LogP contribution in [0.15, 0.2) is 0 Å². The van der Waals surface area contributed by atoms with Crippen LogP contribution in [-0.2, 0) is 18.9 Å². The van der Waals surface area contributed by atoms with Crippen molar-refractivity contribution in [2.24, 2.45) is 11.8 Å². The molecule has 0 N–H and O–H groups in total. The lowest BCUT2D eigenvalue weighted by Gasteiger charge is -2.09. The number of carbonyl (C=O) groups excluding carboxylic acids is 2. The molecule has 0 aromatic rings. The van der Waals surface area contributed by atoms with E-state index in [-0.39, 0.29) is 25.0 Å². The van der Waals surface area contributed by atoms with Gasteiger partial charge in [-0.3, -0.25) is 0 Å². The molecule has 0 aliphatic heterocycles. The smallest absolute Gasteiger partial charge is 0.434 e. The normalized spacial score (nSPS) is 10.3. The number of rotatable bonds is 7. The molecule has 0 fully saturated rings. The topological polar surface area (TPSA) is 71.1 Å². The quantitative estimate of drug-likeness (QED) is 0.518. The molecule has 106 valence electrons. The Morgan fingerprint density at radius 1 is 0.722 bits per heavy atom. The summed E-state index contributed by atoms with van der Waals surface area (Å²) in [6.45, 7) is 8.18. The van der Waals surface area contributed by atoms with Gasteiger partial charge in [0, 0.05) is 0 Å². The van der Waals surface area contributed by atoms with Crippen LogP contribution in [0.4, 0.5) is 9.59 Å². The largest absolute Gasteiger partial charge is 0.508 e. The van der Waals surface area contributed by atoms with Gasteiger partial charge in [0.2, 0.25) is 0 Å². The Bertz CT molecular complexity index is 223. The monoisotopic (exact) mass is 262 g/mol. The zero-order valence-electron chi connectivity index (χ0n) is 11.4. The molecule has 0 aliphatic carbocycles. The van der Waals surface area contributed by atoms with E-state index >= 15 is 0 Å². The van der Waals surface area contributed by atoms with Crippen molar-refractivity contribution in [3.8, 4) is 0 Å². The zero-order chi connectivity index (χ0) is 14.0. The lowest BCUT2D eigenvalue weighted by Crippen LogP contribution is -2.17. The fourth-order valence-electron chi connectivity index (χ4n) is 0.803. The van der Waals surface area contributed by atoms with Gasteiger partial charge in [-0.2, -0.15) is 0 Å². The van der Waals surface area contributed by atoms with E-state index < -0.39 is 12.3 Å². The zero-order valence-corrected chi connectivity index (χ0v) is 11.4. The highest BCUT2D eigenvalue weighted by Crippen LogP contribution is 1.96. The Kier molecular flexibility index (Phi) is 8.78. The molecule has 0 unspecified atom stereocenters. The maximum Gasteiger partial charge on any atom is 0.508 e. The first kappa shape index (κ1) is 16.5. The van der Waals surface area contributed by atoms with Gasteiger partial charge in [0.1, 0.15) is 13.2 Å². The fourth-order valence-corrected chi connectivity index (χ4v) is 0.803. The minimum Gasteiger partial charge on any atom is -0.434 e. The maximum atomic E-state index is 11.0. The van der Waals surface area contributed by atoms with Crippen LogP contribution >= 0.6 is 0 Å². The minimum absolute atomic E-state index is 0.0479. The first-order valence-corrected chi connectivity index (χ1v) is 6.01. The molecule has 0 aliphatic rings. The Hall–Kier alpha value is -1.46. The van der Waals surface area contributed by atoms with Crippen LogP contribution in [0.1, 0.15) is 27.7 Å². The molecular formula is C12H22O6. The number of hydrogen-bond acceptors (Lipinski definition) is 6. The highest BCUT2D eigenvalue weighted by atomic mass is 16.7. The summed E-state index contributed by atoms with van der Waals surface area (Å²) in [6.07, 6.45) is -1.52. The van der Waals surface area contributed by atoms with Gasteiger partial charge < -0.3 is 18.9 Å². The van der Waals surface area contributed by atoms with Crippen molar-refractivity contribution >= 4 is 12.3 Å². The van der Waals surface area contributed by atoms with E-state index in [0.717, 1.165) is 0 Å². The van der Waals surface area contributed by atoms with Gasteiger partial charge in [0.15, 0.2) is 0 Å². The van der Waals surface area contributed by atoms with E-state index in [9.17, 15) is 9.59 Å². The second kappa shape index (κ2) is 9.56. The van der Waals surface area contributed by atoms with Gasteiger partial charge in [-0.15, -0.1) is 0 Å². The van der Waals surface area contributed by atoms with Crippen molar-refractivity contribution in [2.45, 2.75) is 27.7 Å². The Morgan fingerprint density at radius 2 is 1.06 bits per heavy atom. The summed E-state index contributed by atoms with van der Waals surface area (Å²) >= 11 is 0. The van der Waals surface area contributed by atoms with Crippen LogP contribution in [0, 0.1) is 11.8 Å². The molecule has 0 rings (SSSR count). The van der Waals surface area contributed by atoms with E-state index in [1.807, 2.05) is 27.7 Å². The van der Waals surface area contributed by atoms with Crippen LogP contribution < -0.4 is 0 Å². The summed E-state index contributed by atoms with van der Waals surface area (Å²) in [7, 11) is 0. The van der Waals surface area contributed by atoms with Crippen LogP contribution in [0.5, 0.6) is 0 Å². The summed E-state index contributed by atoms with van der Waals surface area (Å²) in [4.78, 5) is 22.0. The molecule has 0 spiro atoms. The van der Waals surface area contributed by atoms with E-state index in [1.54, 1.807) is 0 Å². The van der Waals surface area contributed by atoms with Crippen molar-refractivity contribution in [3.05, 3.63) is 0 Å². The third-order valence-electron chi connectivity index (χ3n) is 1.59. The molecule has 0 radical (unpaired) electrons. The van der Waals surface area contributed by atoms with Crippen molar-refractivity contribution in [1.29, 1.82) is 0 Å². The molecule has 6 nitrogen and oxygen atoms in total. The highest BCUT2D eigenvalue weighted by molar-refractivity contribution is 5.60. The van der Waals surface area contributed by atoms with Crippen molar-refractivity contribution in [1.82, 2.24) is 0 Å². The molecule has 18 heavy (non-hydrogen) atoms. The highest BCUT2D eigenvalue weighted by Gasteiger charge is 2.08. The maximum absolute atomic E-state index is 11.0. The first-order chi connectivity index (χ1) is 8.41. The summed E-state index contributed by atoms with van der Waals surface area (Å²) in [5.41, 5.74) is 0. The molecule has 0 atom stereocenters. The third kappa shape index (κ3) is 11.0. The lowest BCUT2D eigenvalue weighted by molar-refractivity contribution is 0.0127. The number of ether oxygens (including phenoxy) is 4. The molecule has 0 heterocycles. The average Bonchev–Trinajstić information content (AvgIpc) is 2.29. The Balaban J connectivity index is 3.44. The van der Waals surface area contributed by atoms with Gasteiger partial charge >= 0.3 is 12.3 Å². The fraction of sp³-hybridized carbons (Fsp3) is 0.833. The molecule has 0 aromatic heterocycles. The molecule has 0 amide bonds. The van der Waals surface area contributed by atoms with E-state index in [4.69, 9.17) is 9.47 Å². The van der Waals surface area contributed by atoms with Crippen molar-refractivity contribution in [3.63, 3.8) is 0 Å². The summed E-state index contributed by atoms with van der Waals surface area (Å²) in [5, 5.41) is 0. The lowest BCUT2D eigenvalue weighted by atomic mass is 10.2. The molecule has 0 saturated carbocycles. The minimum atomic E-state index is -0.761. The van der Waals surface area contributed by atoms with Crippen molar-refractivity contribution < 1.29 is 28.5 Å². The third-order valence-corrected chi connectivity index (χ3v) is 1.59. The first-order valence-electron chi connectivity index (χ1n) is 6.01. The predicted octanol–water partition coefficient (Wildman–Crippen LogP) is 2.60. The van der Waals surface area contributed by atoms with Gasteiger partial charge in [-0.25, -0.2) is 9.59 Å². The summed E-state index contributed by atoms with van der Waals surface area (Å²) in [6, 6.07) is 0. The number of carbonyl (C=O) groups is 2. The Labute approximate surface area is 108 Å². The molecule has 0 aromatic carbocycles. The van der Waals surface area contributed by atoms with Crippen LogP contribution in [0.25, 0.3) is 0 Å². The molecule has 0 bridgehead atoms. The van der Waals surface area contributed by atoms with E-state index in [1.165, 1.54) is 0 Å². The summed E-state index contributed by atoms with van der Waals surface area (Å²) < 4.78 is 18.9. The second-order valence-electron chi connectivity index (χ2n) is 4.61. The standard InChI is InChI=1S/C12H22O6/c1-9(2)7-17-11(13)15-5-6-16-12(14)18-8-10(3)4/h9-10H,5-8H2,1-4H3. The SMILES string of the molecule is CC(C)COC(=O)OCCOC(=O)OCC(C)C. The second-order valence-corrected chi connectivity index (χ2v) is 4.61. The van der Waals surface area contributed by atoms with Crippen molar-refractivity contribution in [2.75, 3.05) is 26.4 Å². The average molecular weight is 262 g/mol. The summed E-state index contributed by atoms with van der Waals surface area (Å²) in [5.74, 6) is 0.500. The van der Waals surface area contributed by atoms with Crippen LogP contribution in [0.3, 0.4) is 0 Å². The van der Waals surface area contributed by atoms with Gasteiger partial charge in [-0.1, -0.05) is 27.7 Å². The van der Waals surface area contributed by atoms with Gasteiger partial charge in [-0.05, 0) is 11.8 Å². The van der Waals surface area contributed by atoms with Crippen LogP contribution in [0.2, 0.25) is 0 Å². The molecule has 6 heteroatoms. The predicted molar refractivity (Wildman–Crippen MR) is 64.3 cm³/mol. The van der Waals surface area contributed by atoms with Crippen LogP contribution in [-0.4, -0.2) is 38.7 Å². The molecular weight excluding hydrogens is 240 g/mol. The van der Waals surface area contributed by atoms with E-state index in [2.05, 4.69) is 9.47 Å². The number of hydrogen-bond donors (Lipinski definition) is 0. The molecule has 0 saturated heterocycles. The van der Waals surface area contributed by atoms with Gasteiger partial charge in [0.25, 0.3) is 0 Å².